The molecule has 0 N–H and O–H groups in total. The zero-order chi connectivity index (χ0) is 22.1. The van der Waals surface area contributed by atoms with Crippen molar-refractivity contribution in [1.29, 1.82) is 0 Å². The molecule has 31 heavy (non-hydrogen) atoms. The molecule has 0 fully saturated rings. The predicted octanol–water partition coefficient (Wildman–Crippen LogP) is 4.44. The Labute approximate surface area is 180 Å². The van der Waals surface area contributed by atoms with Crippen LogP contribution in [0.2, 0.25) is 0 Å². The van der Waals surface area contributed by atoms with E-state index in [4.69, 9.17) is 13.9 Å². The Bertz CT molecular complexity index is 1080. The molecule has 4 rings (SSSR count). The van der Waals surface area contributed by atoms with Crippen LogP contribution < -0.4 is 0 Å². The van der Waals surface area contributed by atoms with Gasteiger partial charge in [-0.05, 0) is 18.9 Å². The van der Waals surface area contributed by atoms with E-state index in [9.17, 15) is 14.9 Å². The highest BCUT2D eigenvalue weighted by Gasteiger charge is 2.56. The van der Waals surface area contributed by atoms with Gasteiger partial charge in [0.2, 0.25) is 11.9 Å². The summed E-state index contributed by atoms with van der Waals surface area (Å²) in [6.07, 6.45) is 7.41. The molecule has 7 heteroatoms. The molecule has 0 radical (unpaired) electrons. The first-order chi connectivity index (χ1) is 14.9. The van der Waals surface area contributed by atoms with Gasteiger partial charge in [-0.3, -0.25) is 14.9 Å². The molecule has 2 aliphatic heterocycles. The Kier molecular flexibility index (Phi) is 5.59. The number of nitro groups is 1. The SMILES string of the molecule is C=C1C(CC2=CC=CC2)[O+]=C2OC(C)=C(C(=O)OCC)C(c3cccc([N+](=O)[O-])c3)C12. The zero-order valence-electron chi connectivity index (χ0n) is 17.5. The van der Waals surface area contributed by atoms with Crippen molar-refractivity contribution in [3.8, 4) is 0 Å². The van der Waals surface area contributed by atoms with Crippen LogP contribution in [-0.4, -0.2) is 29.6 Å². The van der Waals surface area contributed by atoms with Gasteiger partial charge in [-0.15, -0.1) is 0 Å². The molecule has 3 atom stereocenters. The minimum atomic E-state index is -0.545. The number of nitro benzene ring substituents is 1. The van der Waals surface area contributed by atoms with Gasteiger partial charge in [0.25, 0.3) is 5.69 Å². The van der Waals surface area contributed by atoms with E-state index in [0.29, 0.717) is 29.3 Å². The third kappa shape index (κ3) is 3.83. The number of hydrogen-bond donors (Lipinski definition) is 0. The average molecular weight is 422 g/mol. The molecule has 0 bridgehead atoms. The molecule has 3 unspecified atom stereocenters. The topological polar surface area (TPSA) is 90.0 Å². The van der Waals surface area contributed by atoms with Crippen LogP contribution in [-0.2, 0) is 18.7 Å². The number of carbonyl (C=O) groups excluding carboxylic acids is 2. The Balaban J connectivity index is 1.77. The molecule has 0 saturated carbocycles. The maximum atomic E-state index is 12.9. The Hall–Kier alpha value is -3.48. The number of ether oxygens (including phenoxy) is 2. The van der Waals surface area contributed by atoms with E-state index in [1.54, 1.807) is 26.0 Å². The van der Waals surface area contributed by atoms with Crippen molar-refractivity contribution in [2.24, 2.45) is 5.92 Å². The maximum Gasteiger partial charge on any atom is 0.500 e. The number of rotatable bonds is 6. The lowest BCUT2D eigenvalue weighted by atomic mass is 9.74. The van der Waals surface area contributed by atoms with Crippen molar-refractivity contribution >= 4 is 17.6 Å². The molecule has 1 aromatic carbocycles. The number of fused-ring (bicyclic) bond motifs is 1. The zero-order valence-corrected chi connectivity index (χ0v) is 17.5. The molecule has 0 saturated heterocycles. The van der Waals surface area contributed by atoms with E-state index < -0.39 is 22.7 Å². The lowest BCUT2D eigenvalue weighted by Gasteiger charge is -2.26. The van der Waals surface area contributed by atoms with Gasteiger partial charge in [0.05, 0.1) is 11.5 Å². The monoisotopic (exact) mass is 422 g/mol. The van der Waals surface area contributed by atoms with Crippen molar-refractivity contribution in [3.05, 3.63) is 87.2 Å². The first-order valence-corrected chi connectivity index (χ1v) is 10.3. The summed E-state index contributed by atoms with van der Waals surface area (Å²) in [4.78, 5) is 23.8. The molecule has 0 aromatic heterocycles. The maximum absolute atomic E-state index is 12.9. The van der Waals surface area contributed by atoms with E-state index in [1.807, 2.05) is 6.08 Å². The van der Waals surface area contributed by atoms with Crippen LogP contribution in [0.3, 0.4) is 0 Å². The summed E-state index contributed by atoms with van der Waals surface area (Å²) in [5.41, 5.74) is 2.92. The highest BCUT2D eigenvalue weighted by atomic mass is 16.6. The molecule has 160 valence electrons. The van der Waals surface area contributed by atoms with Gasteiger partial charge in [0, 0.05) is 37.0 Å². The van der Waals surface area contributed by atoms with E-state index >= 15 is 0 Å². The lowest BCUT2D eigenvalue weighted by Crippen LogP contribution is -2.33. The number of allylic oxidation sites excluding steroid dienone is 4. The number of esters is 2. The molecule has 0 spiro atoms. The van der Waals surface area contributed by atoms with Crippen LogP contribution in [0, 0.1) is 16.0 Å². The van der Waals surface area contributed by atoms with E-state index in [-0.39, 0.29) is 18.4 Å². The second-order valence-electron chi connectivity index (χ2n) is 7.76. The number of hydrogen-bond acceptors (Lipinski definition) is 5. The average Bonchev–Trinajstić information content (AvgIpc) is 3.35. The number of benzene rings is 1. The van der Waals surface area contributed by atoms with Gasteiger partial charge in [-0.25, -0.2) is 4.79 Å². The van der Waals surface area contributed by atoms with Crippen molar-refractivity contribution < 1.29 is 23.6 Å². The summed E-state index contributed by atoms with van der Waals surface area (Å²) < 4.78 is 17.4. The Morgan fingerprint density at radius 1 is 1.39 bits per heavy atom. The van der Waals surface area contributed by atoms with E-state index in [0.717, 1.165) is 12.0 Å². The summed E-state index contributed by atoms with van der Waals surface area (Å²) >= 11 is 0. The third-order valence-electron chi connectivity index (χ3n) is 5.83. The minimum Gasteiger partial charge on any atom is -0.462 e. The van der Waals surface area contributed by atoms with Crippen LogP contribution in [0.4, 0.5) is 5.69 Å². The standard InChI is InChI=1S/C24H24NO6/c1-4-29-23(26)21-15(3)30-24-20(14(2)19(31-24)12-16-8-5-6-9-16)22(21)17-10-7-11-18(13-17)25(27)28/h5-8,10-11,13,19-20,22H,2,4,9,12H2,1,3H3/q+1. The van der Waals surface area contributed by atoms with Gasteiger partial charge >= 0.3 is 11.9 Å². The molecule has 1 aromatic rings. The summed E-state index contributed by atoms with van der Waals surface area (Å²) in [7, 11) is 0. The summed E-state index contributed by atoms with van der Waals surface area (Å²) in [5, 5.41) is 11.4. The summed E-state index contributed by atoms with van der Waals surface area (Å²) in [6.45, 7) is 7.90. The van der Waals surface area contributed by atoms with Crippen molar-refractivity contribution in [2.45, 2.75) is 38.7 Å². The Morgan fingerprint density at radius 3 is 2.87 bits per heavy atom. The number of non-ortho nitro benzene ring substituents is 1. The van der Waals surface area contributed by atoms with Crippen molar-refractivity contribution in [1.82, 2.24) is 0 Å². The highest BCUT2D eigenvalue weighted by Crippen LogP contribution is 2.47. The van der Waals surface area contributed by atoms with Crippen LogP contribution in [0.1, 0.15) is 38.2 Å². The van der Waals surface area contributed by atoms with Gasteiger partial charge < -0.3 is 9.16 Å². The summed E-state index contributed by atoms with van der Waals surface area (Å²) in [5.74, 6) is -0.740. The second-order valence-corrected chi connectivity index (χ2v) is 7.76. The fourth-order valence-corrected chi connectivity index (χ4v) is 4.39. The Morgan fingerprint density at radius 2 is 2.19 bits per heavy atom. The van der Waals surface area contributed by atoms with E-state index in [2.05, 4.69) is 18.7 Å². The quantitative estimate of drug-likeness (QED) is 0.222. The minimum absolute atomic E-state index is 0.0466. The second kappa shape index (κ2) is 8.34. The fraction of sp³-hybridized carbons (Fsp3) is 0.333. The molecule has 1 aliphatic carbocycles. The number of carbonyl (C=O) groups is 1. The molecule has 0 amide bonds. The van der Waals surface area contributed by atoms with Gasteiger partial charge in [-0.2, -0.15) is 0 Å². The molecular formula is C24H24NO6+. The highest BCUT2D eigenvalue weighted by molar-refractivity contribution is 5.96. The van der Waals surface area contributed by atoms with Crippen LogP contribution in [0.25, 0.3) is 0 Å². The smallest absolute Gasteiger partial charge is 0.462 e. The normalized spacial score (nSPS) is 24.5. The summed E-state index contributed by atoms with van der Waals surface area (Å²) in [6, 6.07) is 6.31. The first-order valence-electron chi connectivity index (χ1n) is 10.3. The third-order valence-corrected chi connectivity index (χ3v) is 5.83. The van der Waals surface area contributed by atoms with Crippen LogP contribution >= 0.6 is 0 Å². The fourth-order valence-electron chi connectivity index (χ4n) is 4.39. The first kappa shape index (κ1) is 20.8. The van der Waals surface area contributed by atoms with Crippen LogP contribution in [0.15, 0.2) is 71.6 Å². The van der Waals surface area contributed by atoms with E-state index in [1.165, 1.54) is 17.7 Å². The predicted molar refractivity (Wildman–Crippen MR) is 114 cm³/mol. The van der Waals surface area contributed by atoms with Gasteiger partial charge in [-0.1, -0.05) is 42.5 Å². The molecular weight excluding hydrogens is 398 g/mol. The molecule has 3 aliphatic rings. The van der Waals surface area contributed by atoms with Crippen molar-refractivity contribution in [2.75, 3.05) is 6.61 Å². The van der Waals surface area contributed by atoms with Crippen molar-refractivity contribution in [3.63, 3.8) is 0 Å². The van der Waals surface area contributed by atoms with Crippen LogP contribution in [0.5, 0.6) is 0 Å². The number of nitrogens with zero attached hydrogens (tertiary/aromatic N) is 1. The molecule has 7 nitrogen and oxygen atoms in total. The largest absolute Gasteiger partial charge is 0.500 e. The van der Waals surface area contributed by atoms with Gasteiger partial charge in [0.1, 0.15) is 5.57 Å². The lowest BCUT2D eigenvalue weighted by molar-refractivity contribution is -0.492. The van der Waals surface area contributed by atoms with Gasteiger partial charge in [0.15, 0.2) is 5.92 Å². The molecule has 2 heterocycles.